The van der Waals surface area contributed by atoms with E-state index >= 15 is 0 Å². The molecule has 23 N–H and O–H groups in total. The number of nitrogens with one attached hydrogen (secondary N) is 6. The second kappa shape index (κ2) is 50.7. The lowest BCUT2D eigenvalue weighted by Crippen LogP contribution is -2.53. The summed E-state index contributed by atoms with van der Waals surface area (Å²) in [6.45, 7) is 12.9. The van der Waals surface area contributed by atoms with E-state index in [0.29, 0.717) is 135 Å². The lowest BCUT2D eigenvalue weighted by Gasteiger charge is -2.26. The van der Waals surface area contributed by atoms with Crippen molar-refractivity contribution in [2.24, 2.45) is 45.9 Å². The number of amides is 7. The van der Waals surface area contributed by atoms with E-state index in [1.165, 1.54) is 5.56 Å². The molecule has 2 aromatic rings. The van der Waals surface area contributed by atoms with Crippen LogP contribution in [-0.4, -0.2) is 159 Å². The zero-order valence-corrected chi connectivity index (χ0v) is 59.8. The summed E-state index contributed by atoms with van der Waals surface area (Å²) in [5.74, 6) is -2.35. The fourth-order valence-corrected chi connectivity index (χ4v) is 12.2. The third-order valence-electron chi connectivity index (χ3n) is 17.1. The van der Waals surface area contributed by atoms with Crippen molar-refractivity contribution in [3.05, 3.63) is 52.1 Å². The average Bonchev–Trinajstić information content (AvgIpc) is 0.790. The summed E-state index contributed by atoms with van der Waals surface area (Å²) in [4.78, 5) is 106. The number of carbonyl (C=O) groups excluding carboxylic acids is 7. The number of rotatable bonds is 56. The molecular weight excluding hydrogens is 1250 g/mol. The molecule has 7 amide bonds. The fourth-order valence-electron chi connectivity index (χ4n) is 11.4. The molecule has 7 unspecified atom stereocenters. The predicted molar refractivity (Wildman–Crippen MR) is 382 cm³/mol. The maximum atomic E-state index is 14.1. The zero-order chi connectivity index (χ0) is 71.3. The van der Waals surface area contributed by atoms with Gasteiger partial charge in [0, 0.05) is 45.7 Å². The minimum atomic E-state index is -4.36. The van der Waals surface area contributed by atoms with Crippen molar-refractivity contribution in [2.45, 2.75) is 251 Å². The van der Waals surface area contributed by atoms with Crippen molar-refractivity contribution in [1.29, 1.82) is 0 Å². The first-order chi connectivity index (χ1) is 45.9. The number of phosphoric acid groups is 1. The Hall–Kier alpha value is -5.64. The van der Waals surface area contributed by atoms with Gasteiger partial charge in [0.05, 0.1) is 30.8 Å². The third-order valence-corrected chi connectivity index (χ3v) is 18.0. The molecule has 0 radical (unpaired) electrons. The molecule has 0 fully saturated rings. The fraction of sp³-hybridized carbons (Fsp3) is 0.725. The molecule has 0 spiro atoms. The maximum absolute atomic E-state index is 14.1. The summed E-state index contributed by atoms with van der Waals surface area (Å²) in [6, 6.07) is 3.08. The van der Waals surface area contributed by atoms with E-state index in [1.807, 2.05) is 19.9 Å². The van der Waals surface area contributed by atoms with Gasteiger partial charge in [0.25, 0.3) is 0 Å². The van der Waals surface area contributed by atoms with Gasteiger partial charge in [0.1, 0.15) is 17.8 Å². The Morgan fingerprint density at radius 2 is 0.812 bits per heavy atom. The number of aryl methyl sites for hydroxylation is 5. The van der Waals surface area contributed by atoms with Crippen molar-refractivity contribution >= 4 is 49.2 Å². The molecule has 26 nitrogen and oxygen atoms in total. The summed E-state index contributed by atoms with van der Waals surface area (Å²) in [6.07, 6.45) is 17.6. The molecule has 96 heavy (non-hydrogen) atoms. The minimum absolute atomic E-state index is 0.0172. The highest BCUT2D eigenvalue weighted by Gasteiger charge is 2.28. The van der Waals surface area contributed by atoms with Crippen LogP contribution in [0.3, 0.4) is 0 Å². The van der Waals surface area contributed by atoms with Gasteiger partial charge in [0.2, 0.25) is 41.4 Å². The Bertz CT molecular complexity index is 2540. The lowest BCUT2D eigenvalue weighted by molar-refractivity contribution is -0.133. The number of hydrogen-bond donors (Lipinski definition) is 15. The number of nitrogens with zero attached hydrogens (tertiary/aromatic N) is 1. The van der Waals surface area contributed by atoms with Crippen LogP contribution in [-0.2, 0) is 42.7 Å². The molecule has 2 rings (SSSR count). The number of unbranched alkanes of at least 4 members (excludes halogenated alkanes) is 14. The zero-order valence-electron chi connectivity index (χ0n) is 58.9. The van der Waals surface area contributed by atoms with Crippen LogP contribution in [0.15, 0.2) is 24.3 Å². The maximum Gasteiger partial charge on any atom is 0.527 e. The van der Waals surface area contributed by atoms with Crippen LogP contribution in [0.1, 0.15) is 208 Å². The Labute approximate surface area is 573 Å². The summed E-state index contributed by atoms with van der Waals surface area (Å²) < 4.78 is 24.0. The molecule has 0 aliphatic carbocycles. The van der Waals surface area contributed by atoms with E-state index < -0.39 is 67.7 Å². The molecule has 0 saturated heterocycles. The van der Waals surface area contributed by atoms with Gasteiger partial charge in [0.15, 0.2) is 0 Å². The van der Waals surface area contributed by atoms with Gasteiger partial charge in [-0.1, -0.05) is 88.3 Å². The number of hydrogen-bond acceptors (Lipinski definition) is 18. The highest BCUT2D eigenvalue weighted by atomic mass is 31.2. The van der Waals surface area contributed by atoms with Crippen molar-refractivity contribution in [1.82, 2.24) is 36.8 Å². The second-order valence-electron chi connectivity index (χ2n) is 25.8. The van der Waals surface area contributed by atoms with Gasteiger partial charge in [-0.3, -0.25) is 43.0 Å². The van der Waals surface area contributed by atoms with Crippen LogP contribution < -0.4 is 82.3 Å². The highest BCUT2D eigenvalue weighted by Crippen LogP contribution is 2.46. The SMILES string of the molecule is Cc1cc(C)c(-c2cc(C)c(OP(=O)(O)OCCCCCCCCCCCC(=O)N(CCNC(=O)C(CCCCNC(=O)C(N)CCCCN)NC(=O)C(N)CCCCN)CCNC(=O)C(CCCCNC(=O)C(N)CCCCN)NC(=O)C(N)CCCCN)cc2C)c(C)c1. The van der Waals surface area contributed by atoms with Crippen molar-refractivity contribution in [3.63, 3.8) is 0 Å². The predicted octanol–water partition coefficient (Wildman–Crippen LogP) is 4.72. The molecule has 7 atom stereocenters. The van der Waals surface area contributed by atoms with Crippen molar-refractivity contribution in [3.8, 4) is 16.9 Å². The van der Waals surface area contributed by atoms with Crippen LogP contribution in [0.4, 0.5) is 0 Å². The molecule has 0 aliphatic heterocycles. The number of nitrogens with two attached hydrogens (primary N) is 8. The molecule has 0 saturated carbocycles. The largest absolute Gasteiger partial charge is 0.527 e. The van der Waals surface area contributed by atoms with E-state index in [9.17, 15) is 43.0 Å². The molecule has 0 heterocycles. The molecule has 0 bridgehead atoms. The summed E-state index contributed by atoms with van der Waals surface area (Å²) in [7, 11) is -4.36. The first-order valence-corrected chi connectivity index (χ1v) is 37.1. The molecule has 0 aromatic heterocycles. The Morgan fingerprint density at radius 1 is 0.438 bits per heavy atom. The number of benzene rings is 2. The van der Waals surface area contributed by atoms with E-state index in [1.54, 1.807) is 11.0 Å². The Balaban J connectivity index is 2.10. The van der Waals surface area contributed by atoms with Gasteiger partial charge in [-0.2, -0.15) is 0 Å². The van der Waals surface area contributed by atoms with E-state index in [-0.39, 0.29) is 69.8 Å². The Kier molecular flexibility index (Phi) is 45.6. The smallest absolute Gasteiger partial charge is 0.404 e. The minimum Gasteiger partial charge on any atom is -0.404 e. The highest BCUT2D eigenvalue weighted by molar-refractivity contribution is 7.47. The summed E-state index contributed by atoms with van der Waals surface area (Å²) in [5.41, 5.74) is 54.4. The van der Waals surface area contributed by atoms with E-state index in [0.717, 1.165) is 104 Å². The van der Waals surface area contributed by atoms with Gasteiger partial charge in [-0.25, -0.2) is 4.57 Å². The molecule has 27 heteroatoms. The van der Waals surface area contributed by atoms with Crippen LogP contribution in [0.5, 0.6) is 5.75 Å². The van der Waals surface area contributed by atoms with Crippen LogP contribution in [0.2, 0.25) is 0 Å². The third kappa shape index (κ3) is 36.8. The molecular formula is C69H126N15O11P. The number of carbonyl (C=O) groups is 7. The van der Waals surface area contributed by atoms with Gasteiger partial charge in [-0.15, -0.1) is 0 Å². The van der Waals surface area contributed by atoms with Gasteiger partial charge >= 0.3 is 7.82 Å². The first kappa shape index (κ1) is 86.4. The van der Waals surface area contributed by atoms with Crippen LogP contribution >= 0.6 is 7.82 Å². The van der Waals surface area contributed by atoms with Crippen LogP contribution in [0.25, 0.3) is 11.1 Å². The van der Waals surface area contributed by atoms with E-state index in [4.69, 9.17) is 54.9 Å². The standard InChI is InChI=1S/C69H126N15O11P/c1-49-45-52(4)63(53(5)46-49)54-47-51(3)61(48-50(54)2)95-96(92,93)94-44-26-12-10-8-6-7-9-11-13-33-62(85)84(42-40-80-68(90)59(82-66(88)57(76)29-16-22-36-72)31-18-24-38-78-64(86)55(74)27-14-20-34-70)43-41-81-69(91)60(83-67(89)58(77)30-17-23-37-73)32-19-25-39-79-65(87)56(75)28-15-21-35-71/h45-48,55-60H,6-44,70-77H2,1-5H3,(H,78,86)(H,79,87)(H,80,90)(H,81,91)(H,82,88)(H,83,89)(H,92,93). The molecule has 2 aromatic carbocycles. The molecule has 548 valence electrons. The average molecular weight is 1370 g/mol. The van der Waals surface area contributed by atoms with Gasteiger partial charge < -0.3 is 87.2 Å². The number of phosphoric ester groups is 1. The van der Waals surface area contributed by atoms with Gasteiger partial charge in [-0.05, 0) is 209 Å². The topological polar surface area (TPSA) is 459 Å². The molecule has 0 aliphatic rings. The monoisotopic (exact) mass is 1370 g/mol. The first-order valence-electron chi connectivity index (χ1n) is 35.6. The second-order valence-corrected chi connectivity index (χ2v) is 27.1. The quantitative estimate of drug-likeness (QED) is 0.0315. The lowest BCUT2D eigenvalue weighted by atomic mass is 9.90. The summed E-state index contributed by atoms with van der Waals surface area (Å²) >= 11 is 0. The normalized spacial score (nSPS) is 13.9. The van der Waals surface area contributed by atoms with Crippen molar-refractivity contribution < 1.29 is 52.1 Å². The Morgan fingerprint density at radius 3 is 1.23 bits per heavy atom. The van der Waals surface area contributed by atoms with Crippen molar-refractivity contribution in [2.75, 3.05) is 72.1 Å². The van der Waals surface area contributed by atoms with E-state index in [2.05, 4.69) is 64.8 Å². The van der Waals surface area contributed by atoms with Crippen LogP contribution in [0, 0.1) is 34.6 Å². The summed E-state index contributed by atoms with van der Waals surface area (Å²) in [5, 5.41) is 17.1.